The standard InChI is InChI=1S/C16H17F5N4/c1-3-9(2)23-15-24-13(16(19,20)21)7-14(25-15)22-8-10-4-11(17)6-12(18)5-10/h4-7,9H,3,8H2,1-2H3,(H2,22,23,24,25)/t9-/m0/s1. The molecule has 2 rings (SSSR count). The number of aromatic nitrogens is 2. The third-order valence-electron chi connectivity index (χ3n) is 3.40. The molecule has 1 heterocycles. The van der Waals surface area contributed by atoms with E-state index < -0.39 is 23.5 Å². The van der Waals surface area contributed by atoms with Gasteiger partial charge in [-0.05, 0) is 31.0 Å². The second-order valence-electron chi connectivity index (χ2n) is 5.54. The van der Waals surface area contributed by atoms with Crippen molar-refractivity contribution in [2.75, 3.05) is 10.6 Å². The lowest BCUT2D eigenvalue weighted by Crippen LogP contribution is -2.19. The van der Waals surface area contributed by atoms with Gasteiger partial charge in [0.1, 0.15) is 17.5 Å². The number of hydrogen-bond donors (Lipinski definition) is 2. The molecule has 1 atom stereocenters. The maximum absolute atomic E-state index is 13.2. The minimum absolute atomic E-state index is 0.0915. The van der Waals surface area contributed by atoms with E-state index in [0.717, 1.165) is 18.2 Å². The van der Waals surface area contributed by atoms with Gasteiger partial charge in [-0.1, -0.05) is 6.92 Å². The van der Waals surface area contributed by atoms with Gasteiger partial charge in [0.25, 0.3) is 0 Å². The first-order chi connectivity index (χ1) is 11.7. The summed E-state index contributed by atoms with van der Waals surface area (Å²) >= 11 is 0. The summed E-state index contributed by atoms with van der Waals surface area (Å²) in [5.74, 6) is -1.81. The van der Waals surface area contributed by atoms with E-state index in [1.54, 1.807) is 6.92 Å². The number of rotatable bonds is 6. The van der Waals surface area contributed by atoms with Crippen LogP contribution in [0.1, 0.15) is 31.5 Å². The average Bonchev–Trinajstić information content (AvgIpc) is 2.51. The first-order valence-electron chi connectivity index (χ1n) is 7.59. The van der Waals surface area contributed by atoms with Crippen molar-refractivity contribution in [2.45, 2.75) is 39.0 Å². The van der Waals surface area contributed by atoms with Gasteiger partial charge in [0.05, 0.1) is 0 Å². The van der Waals surface area contributed by atoms with Crippen molar-refractivity contribution >= 4 is 11.8 Å². The Morgan fingerprint density at radius 3 is 2.24 bits per heavy atom. The van der Waals surface area contributed by atoms with E-state index in [4.69, 9.17) is 0 Å². The highest BCUT2D eigenvalue weighted by atomic mass is 19.4. The first kappa shape index (κ1) is 18.9. The van der Waals surface area contributed by atoms with Gasteiger partial charge >= 0.3 is 6.18 Å². The predicted molar refractivity (Wildman–Crippen MR) is 84.1 cm³/mol. The Hall–Kier alpha value is -2.45. The van der Waals surface area contributed by atoms with Crippen molar-refractivity contribution in [3.8, 4) is 0 Å². The highest BCUT2D eigenvalue weighted by Gasteiger charge is 2.33. The van der Waals surface area contributed by atoms with E-state index in [-0.39, 0.29) is 29.9 Å². The normalized spacial score (nSPS) is 12.8. The number of nitrogens with one attached hydrogen (secondary N) is 2. The van der Waals surface area contributed by atoms with Crippen LogP contribution in [0.5, 0.6) is 0 Å². The number of benzene rings is 1. The van der Waals surface area contributed by atoms with Gasteiger partial charge < -0.3 is 10.6 Å². The molecule has 0 fully saturated rings. The molecule has 0 bridgehead atoms. The van der Waals surface area contributed by atoms with Crippen LogP contribution < -0.4 is 10.6 Å². The van der Waals surface area contributed by atoms with Crippen molar-refractivity contribution in [1.82, 2.24) is 9.97 Å². The highest BCUT2D eigenvalue weighted by molar-refractivity contribution is 5.44. The molecular weight excluding hydrogens is 343 g/mol. The van der Waals surface area contributed by atoms with Crippen LogP contribution in [0.25, 0.3) is 0 Å². The summed E-state index contributed by atoms with van der Waals surface area (Å²) in [6.45, 7) is 3.56. The minimum atomic E-state index is -4.64. The molecule has 0 aliphatic carbocycles. The molecule has 0 aliphatic rings. The van der Waals surface area contributed by atoms with Gasteiger partial charge in [-0.3, -0.25) is 0 Å². The van der Waals surface area contributed by atoms with Crippen molar-refractivity contribution in [3.05, 3.63) is 47.2 Å². The third-order valence-corrected chi connectivity index (χ3v) is 3.40. The van der Waals surface area contributed by atoms with E-state index in [0.29, 0.717) is 12.5 Å². The Labute approximate surface area is 141 Å². The molecule has 0 unspecified atom stereocenters. The molecule has 0 radical (unpaired) electrons. The Morgan fingerprint density at radius 1 is 1.04 bits per heavy atom. The van der Waals surface area contributed by atoms with Crippen LogP contribution in [0, 0.1) is 11.6 Å². The summed E-state index contributed by atoms with van der Waals surface area (Å²) < 4.78 is 65.3. The van der Waals surface area contributed by atoms with E-state index in [1.807, 2.05) is 6.92 Å². The quantitative estimate of drug-likeness (QED) is 0.740. The molecule has 136 valence electrons. The number of anilines is 2. The van der Waals surface area contributed by atoms with Gasteiger partial charge in [-0.2, -0.15) is 18.2 Å². The van der Waals surface area contributed by atoms with Crippen LogP contribution in [0.3, 0.4) is 0 Å². The fourth-order valence-electron chi connectivity index (χ4n) is 1.98. The fraction of sp³-hybridized carbons (Fsp3) is 0.375. The Morgan fingerprint density at radius 2 is 1.68 bits per heavy atom. The maximum Gasteiger partial charge on any atom is 0.433 e. The van der Waals surface area contributed by atoms with E-state index >= 15 is 0 Å². The van der Waals surface area contributed by atoms with Gasteiger partial charge in [-0.15, -0.1) is 0 Å². The molecule has 25 heavy (non-hydrogen) atoms. The first-order valence-corrected chi connectivity index (χ1v) is 7.59. The van der Waals surface area contributed by atoms with Crippen LogP contribution in [0.4, 0.5) is 33.7 Å². The zero-order valence-electron chi connectivity index (χ0n) is 13.6. The smallest absolute Gasteiger partial charge is 0.366 e. The summed E-state index contributed by atoms with van der Waals surface area (Å²) in [6.07, 6.45) is -3.97. The number of alkyl halides is 3. The van der Waals surface area contributed by atoms with Gasteiger partial charge in [0, 0.05) is 24.7 Å². The van der Waals surface area contributed by atoms with Crippen LogP contribution in [0.15, 0.2) is 24.3 Å². The molecule has 0 saturated carbocycles. The second-order valence-corrected chi connectivity index (χ2v) is 5.54. The van der Waals surface area contributed by atoms with E-state index in [1.165, 1.54) is 0 Å². The number of hydrogen-bond acceptors (Lipinski definition) is 4. The topological polar surface area (TPSA) is 49.8 Å². The SMILES string of the molecule is CC[C@H](C)Nc1nc(NCc2cc(F)cc(F)c2)cc(C(F)(F)F)n1. The largest absolute Gasteiger partial charge is 0.433 e. The van der Waals surface area contributed by atoms with E-state index in [9.17, 15) is 22.0 Å². The van der Waals surface area contributed by atoms with Gasteiger partial charge in [0.15, 0.2) is 5.69 Å². The molecule has 0 amide bonds. The molecule has 4 nitrogen and oxygen atoms in total. The van der Waals surface area contributed by atoms with Crippen LogP contribution in [-0.4, -0.2) is 16.0 Å². The van der Waals surface area contributed by atoms with Crippen LogP contribution in [-0.2, 0) is 12.7 Å². The van der Waals surface area contributed by atoms with Crippen molar-refractivity contribution < 1.29 is 22.0 Å². The lowest BCUT2D eigenvalue weighted by atomic mass is 10.2. The summed E-state index contributed by atoms with van der Waals surface area (Å²) in [7, 11) is 0. The fourth-order valence-corrected chi connectivity index (χ4v) is 1.98. The third kappa shape index (κ3) is 5.54. The molecule has 9 heteroatoms. The van der Waals surface area contributed by atoms with Crippen LogP contribution >= 0.6 is 0 Å². The lowest BCUT2D eigenvalue weighted by Gasteiger charge is -2.15. The molecule has 2 N–H and O–H groups in total. The predicted octanol–water partition coefficient (Wildman–Crippen LogP) is 4.60. The molecule has 0 aliphatic heterocycles. The zero-order valence-corrected chi connectivity index (χ0v) is 13.6. The molecule has 1 aromatic carbocycles. The van der Waals surface area contributed by atoms with Gasteiger partial charge in [-0.25, -0.2) is 13.8 Å². The maximum atomic E-state index is 13.2. The number of nitrogens with zero attached hydrogens (tertiary/aromatic N) is 2. The summed E-state index contributed by atoms with van der Waals surface area (Å²) in [6, 6.07) is 3.51. The van der Waals surface area contributed by atoms with E-state index in [2.05, 4.69) is 20.6 Å². The van der Waals surface area contributed by atoms with Gasteiger partial charge in [0.2, 0.25) is 5.95 Å². The Kier molecular flexibility index (Phi) is 5.76. The monoisotopic (exact) mass is 360 g/mol. The number of halogens is 5. The lowest BCUT2D eigenvalue weighted by molar-refractivity contribution is -0.141. The highest BCUT2D eigenvalue weighted by Crippen LogP contribution is 2.30. The molecule has 0 spiro atoms. The van der Waals surface area contributed by atoms with Crippen molar-refractivity contribution in [1.29, 1.82) is 0 Å². The molecule has 0 saturated heterocycles. The van der Waals surface area contributed by atoms with Crippen molar-refractivity contribution in [2.24, 2.45) is 0 Å². The Bertz CT molecular complexity index is 713. The zero-order chi connectivity index (χ0) is 18.6. The van der Waals surface area contributed by atoms with Crippen LogP contribution in [0.2, 0.25) is 0 Å². The van der Waals surface area contributed by atoms with Crippen molar-refractivity contribution in [3.63, 3.8) is 0 Å². The average molecular weight is 360 g/mol. The molecule has 1 aromatic heterocycles. The summed E-state index contributed by atoms with van der Waals surface area (Å²) in [5.41, 5.74) is -0.873. The molecular formula is C16H17F5N4. The summed E-state index contributed by atoms with van der Waals surface area (Å²) in [4.78, 5) is 7.44. The Balaban J connectivity index is 2.24. The minimum Gasteiger partial charge on any atom is -0.366 e. The summed E-state index contributed by atoms with van der Waals surface area (Å²) in [5, 5.41) is 5.41. The molecule has 2 aromatic rings. The second kappa shape index (κ2) is 7.62.